The van der Waals surface area contributed by atoms with Crippen molar-refractivity contribution in [2.45, 2.75) is 6.92 Å². The SMILES string of the molecule is COc1c[se]cc1C. The molecule has 0 atom stereocenters. The van der Waals surface area contributed by atoms with Gasteiger partial charge in [0.15, 0.2) is 0 Å². The first-order chi connectivity index (χ1) is 3.84. The van der Waals surface area contributed by atoms with E-state index in [1.807, 2.05) is 0 Å². The molecule has 2 heteroatoms. The summed E-state index contributed by atoms with van der Waals surface area (Å²) in [6.45, 7) is 2.07. The van der Waals surface area contributed by atoms with Gasteiger partial charge in [0.05, 0.1) is 0 Å². The van der Waals surface area contributed by atoms with Crippen LogP contribution in [0, 0.1) is 6.92 Å². The first-order valence-corrected chi connectivity index (χ1v) is 4.39. The van der Waals surface area contributed by atoms with Crippen molar-refractivity contribution in [1.29, 1.82) is 0 Å². The van der Waals surface area contributed by atoms with Crippen molar-refractivity contribution in [3.63, 3.8) is 0 Å². The molecule has 1 aromatic heterocycles. The molecule has 0 bridgehead atoms. The molecule has 44 valence electrons. The summed E-state index contributed by atoms with van der Waals surface area (Å²) in [5, 5.41) is 0. The number of ether oxygens (including phenoxy) is 1. The minimum absolute atomic E-state index is 0.565. The van der Waals surface area contributed by atoms with E-state index in [-0.39, 0.29) is 0 Å². The summed E-state index contributed by atoms with van der Waals surface area (Å²) in [7, 11) is 1.71. The average molecular weight is 175 g/mol. The van der Waals surface area contributed by atoms with Crippen LogP contribution >= 0.6 is 0 Å². The van der Waals surface area contributed by atoms with Gasteiger partial charge in [-0.2, -0.15) is 0 Å². The van der Waals surface area contributed by atoms with Crippen LogP contribution in [0.3, 0.4) is 0 Å². The number of aryl methyl sites for hydroxylation is 1. The van der Waals surface area contributed by atoms with Gasteiger partial charge in [0.2, 0.25) is 0 Å². The van der Waals surface area contributed by atoms with Gasteiger partial charge >= 0.3 is 54.5 Å². The number of hydrogen-bond donors (Lipinski definition) is 0. The molecule has 1 nitrogen and oxygen atoms in total. The van der Waals surface area contributed by atoms with Gasteiger partial charge in [0, 0.05) is 0 Å². The Bertz CT molecular complexity index is 169. The van der Waals surface area contributed by atoms with Gasteiger partial charge in [-0.15, -0.1) is 0 Å². The molecule has 0 aliphatic rings. The number of rotatable bonds is 1. The quantitative estimate of drug-likeness (QED) is 0.580. The molecule has 0 aromatic carbocycles. The summed E-state index contributed by atoms with van der Waals surface area (Å²) in [6.07, 6.45) is 0. The molecule has 1 aromatic rings. The second kappa shape index (κ2) is 2.38. The molecule has 1 heterocycles. The van der Waals surface area contributed by atoms with Gasteiger partial charge in [-0.25, -0.2) is 0 Å². The van der Waals surface area contributed by atoms with Crippen LogP contribution in [0.1, 0.15) is 5.56 Å². The third-order valence-corrected chi connectivity index (χ3v) is 2.79. The molecular formula is C6H8OSe. The van der Waals surface area contributed by atoms with Crippen LogP contribution in [0.5, 0.6) is 5.75 Å². The van der Waals surface area contributed by atoms with E-state index in [0.717, 1.165) is 5.75 Å². The van der Waals surface area contributed by atoms with Gasteiger partial charge < -0.3 is 0 Å². The summed E-state index contributed by atoms with van der Waals surface area (Å²) >= 11 is 0.565. The minimum atomic E-state index is 0.565. The zero-order valence-corrected chi connectivity index (χ0v) is 6.68. The molecule has 0 saturated carbocycles. The molecule has 0 N–H and O–H groups in total. The van der Waals surface area contributed by atoms with Gasteiger partial charge in [-0.05, 0) is 0 Å². The van der Waals surface area contributed by atoms with Gasteiger partial charge in [0.1, 0.15) is 0 Å². The predicted octanol–water partition coefficient (Wildman–Crippen LogP) is 1.06. The Labute approximate surface area is 55.0 Å². The van der Waals surface area contributed by atoms with Crippen LogP contribution in [0.25, 0.3) is 0 Å². The Morgan fingerprint density at radius 2 is 2.25 bits per heavy atom. The summed E-state index contributed by atoms with van der Waals surface area (Å²) in [4.78, 5) is 4.36. The number of hydrogen-bond acceptors (Lipinski definition) is 1. The van der Waals surface area contributed by atoms with Crippen molar-refractivity contribution >= 4 is 14.5 Å². The van der Waals surface area contributed by atoms with E-state index in [2.05, 4.69) is 16.8 Å². The monoisotopic (exact) mass is 176 g/mol. The fourth-order valence-electron chi connectivity index (χ4n) is 0.558. The molecule has 0 spiro atoms. The van der Waals surface area contributed by atoms with Crippen molar-refractivity contribution in [1.82, 2.24) is 0 Å². The van der Waals surface area contributed by atoms with Crippen LogP contribution in [0.15, 0.2) is 9.88 Å². The third kappa shape index (κ3) is 0.960. The Kier molecular flexibility index (Phi) is 1.76. The van der Waals surface area contributed by atoms with E-state index in [1.165, 1.54) is 5.56 Å². The number of methoxy groups -OCH3 is 1. The van der Waals surface area contributed by atoms with Crippen molar-refractivity contribution < 1.29 is 4.74 Å². The van der Waals surface area contributed by atoms with Crippen molar-refractivity contribution in [3.05, 3.63) is 15.4 Å². The Morgan fingerprint density at radius 1 is 1.50 bits per heavy atom. The summed E-state index contributed by atoms with van der Waals surface area (Å²) in [5.74, 6) is 1.06. The molecule has 0 aliphatic carbocycles. The van der Waals surface area contributed by atoms with Crippen LogP contribution in [0.2, 0.25) is 0 Å². The first kappa shape index (κ1) is 5.93. The molecule has 8 heavy (non-hydrogen) atoms. The van der Waals surface area contributed by atoms with Crippen LogP contribution in [-0.2, 0) is 0 Å². The second-order valence-electron chi connectivity index (χ2n) is 1.62. The Morgan fingerprint density at radius 3 is 2.50 bits per heavy atom. The molecule has 1 rings (SSSR count). The van der Waals surface area contributed by atoms with Gasteiger partial charge in [-0.1, -0.05) is 0 Å². The molecule has 0 radical (unpaired) electrons. The molecule has 0 unspecified atom stereocenters. The topological polar surface area (TPSA) is 9.23 Å². The maximum atomic E-state index is 5.03. The second-order valence-corrected chi connectivity index (χ2v) is 3.18. The predicted molar refractivity (Wildman–Crippen MR) is 34.7 cm³/mol. The summed E-state index contributed by atoms with van der Waals surface area (Å²) < 4.78 is 5.03. The molecule has 0 fully saturated rings. The maximum absolute atomic E-state index is 5.03. The molecule has 0 aliphatic heterocycles. The molecule has 0 amide bonds. The van der Waals surface area contributed by atoms with E-state index in [4.69, 9.17) is 4.74 Å². The van der Waals surface area contributed by atoms with Crippen molar-refractivity contribution in [2.75, 3.05) is 7.11 Å². The van der Waals surface area contributed by atoms with Crippen molar-refractivity contribution in [2.24, 2.45) is 0 Å². The third-order valence-electron chi connectivity index (χ3n) is 1.03. The van der Waals surface area contributed by atoms with Gasteiger partial charge in [0.25, 0.3) is 0 Å². The van der Waals surface area contributed by atoms with E-state index in [1.54, 1.807) is 7.11 Å². The zero-order chi connectivity index (χ0) is 5.98. The summed E-state index contributed by atoms with van der Waals surface area (Å²) in [5.41, 5.74) is 1.28. The Balaban J connectivity index is 2.92. The van der Waals surface area contributed by atoms with Crippen LogP contribution < -0.4 is 4.74 Å². The van der Waals surface area contributed by atoms with E-state index in [9.17, 15) is 0 Å². The molecule has 0 saturated heterocycles. The first-order valence-electron chi connectivity index (χ1n) is 2.41. The zero-order valence-electron chi connectivity index (χ0n) is 4.97. The fourth-order valence-corrected chi connectivity index (χ4v) is 2.22. The van der Waals surface area contributed by atoms with E-state index in [0.29, 0.717) is 14.5 Å². The van der Waals surface area contributed by atoms with Crippen LogP contribution in [-0.4, -0.2) is 21.6 Å². The summed E-state index contributed by atoms with van der Waals surface area (Å²) in [6, 6.07) is 0. The fraction of sp³-hybridized carbons (Fsp3) is 0.333. The van der Waals surface area contributed by atoms with Crippen molar-refractivity contribution in [3.8, 4) is 5.75 Å². The van der Waals surface area contributed by atoms with E-state index < -0.39 is 0 Å². The molecular weight excluding hydrogens is 167 g/mol. The Hall–Kier alpha value is -0.201. The average Bonchev–Trinajstić information content (AvgIpc) is 2.14. The van der Waals surface area contributed by atoms with E-state index >= 15 is 0 Å². The van der Waals surface area contributed by atoms with Gasteiger partial charge in [-0.3, -0.25) is 0 Å². The normalized spacial score (nSPS) is 9.25. The standard InChI is InChI=1S/C6H8OSe/c1-5-3-8-4-6(5)7-2/h3-4H,1-2H3. The van der Waals surface area contributed by atoms with Crippen LogP contribution in [0.4, 0.5) is 0 Å².